The number of ether oxygens (including phenoxy) is 1. The second kappa shape index (κ2) is 9.28. The molecule has 0 atom stereocenters. The average molecular weight is 449 g/mol. The third-order valence-electron chi connectivity index (χ3n) is 5.12. The molecular formula is C25H24N2O4S. The Kier molecular flexibility index (Phi) is 6.28. The first-order valence-corrected chi connectivity index (χ1v) is 12.2. The SMILES string of the molecule is CS(=O)(=O)NC(=O)c1[nH]c2ccccc2c1CCCOc1ccc(-c2ccccc2)cc1. The molecule has 1 amide bonds. The van der Waals surface area contributed by atoms with Crippen LogP contribution in [0.25, 0.3) is 22.0 Å². The van der Waals surface area contributed by atoms with Gasteiger partial charge >= 0.3 is 0 Å². The fourth-order valence-corrected chi connectivity index (χ4v) is 4.12. The number of aryl methyl sites for hydroxylation is 1. The highest BCUT2D eigenvalue weighted by Crippen LogP contribution is 2.25. The predicted molar refractivity (Wildman–Crippen MR) is 126 cm³/mol. The van der Waals surface area contributed by atoms with Gasteiger partial charge in [-0.15, -0.1) is 0 Å². The van der Waals surface area contributed by atoms with E-state index in [1.54, 1.807) is 0 Å². The Morgan fingerprint density at radius 1 is 0.906 bits per heavy atom. The molecule has 2 N–H and O–H groups in total. The van der Waals surface area contributed by atoms with E-state index in [2.05, 4.69) is 17.1 Å². The van der Waals surface area contributed by atoms with Crippen molar-refractivity contribution < 1.29 is 17.9 Å². The van der Waals surface area contributed by atoms with Gasteiger partial charge in [0.2, 0.25) is 10.0 Å². The Morgan fingerprint density at radius 2 is 1.56 bits per heavy atom. The van der Waals surface area contributed by atoms with Crippen LogP contribution in [0.15, 0.2) is 78.9 Å². The largest absolute Gasteiger partial charge is 0.494 e. The van der Waals surface area contributed by atoms with Crippen LogP contribution in [-0.4, -0.2) is 32.2 Å². The number of rotatable bonds is 8. The Labute approximate surface area is 187 Å². The van der Waals surface area contributed by atoms with Gasteiger partial charge in [0.25, 0.3) is 5.91 Å². The summed E-state index contributed by atoms with van der Waals surface area (Å²) < 4.78 is 30.9. The molecule has 0 radical (unpaired) electrons. The van der Waals surface area contributed by atoms with Crippen LogP contribution in [0.3, 0.4) is 0 Å². The first-order chi connectivity index (χ1) is 15.4. The molecule has 32 heavy (non-hydrogen) atoms. The Balaban J connectivity index is 1.42. The van der Waals surface area contributed by atoms with E-state index in [0.717, 1.165) is 39.6 Å². The summed E-state index contributed by atoms with van der Waals surface area (Å²) in [5.41, 5.74) is 4.11. The van der Waals surface area contributed by atoms with E-state index < -0.39 is 15.9 Å². The van der Waals surface area contributed by atoms with Gasteiger partial charge < -0.3 is 9.72 Å². The third-order valence-corrected chi connectivity index (χ3v) is 5.68. The van der Waals surface area contributed by atoms with Crippen LogP contribution in [0.1, 0.15) is 22.5 Å². The van der Waals surface area contributed by atoms with Crippen LogP contribution >= 0.6 is 0 Å². The Morgan fingerprint density at radius 3 is 2.28 bits per heavy atom. The lowest BCUT2D eigenvalue weighted by Crippen LogP contribution is -2.30. The van der Waals surface area contributed by atoms with Crippen LogP contribution in [-0.2, 0) is 16.4 Å². The van der Waals surface area contributed by atoms with Crippen LogP contribution in [0.5, 0.6) is 5.75 Å². The number of fused-ring (bicyclic) bond motifs is 1. The predicted octanol–water partition coefficient (Wildman–Crippen LogP) is 4.54. The molecule has 0 unspecified atom stereocenters. The molecule has 0 saturated carbocycles. The van der Waals surface area contributed by atoms with Crippen LogP contribution in [0.4, 0.5) is 0 Å². The van der Waals surface area contributed by atoms with Crippen molar-refractivity contribution in [2.75, 3.05) is 12.9 Å². The molecular weight excluding hydrogens is 424 g/mol. The van der Waals surface area contributed by atoms with Crippen molar-refractivity contribution in [3.63, 3.8) is 0 Å². The number of aromatic nitrogens is 1. The number of amides is 1. The summed E-state index contributed by atoms with van der Waals surface area (Å²) in [6, 6.07) is 25.6. The molecule has 0 saturated heterocycles. The van der Waals surface area contributed by atoms with Crippen LogP contribution in [0.2, 0.25) is 0 Å². The van der Waals surface area contributed by atoms with Crippen molar-refractivity contribution in [2.45, 2.75) is 12.8 Å². The van der Waals surface area contributed by atoms with Crippen molar-refractivity contribution >= 4 is 26.8 Å². The summed E-state index contributed by atoms with van der Waals surface area (Å²) in [5.74, 6) is 0.120. The van der Waals surface area contributed by atoms with Gasteiger partial charge in [0, 0.05) is 10.9 Å². The zero-order chi connectivity index (χ0) is 22.6. The first kappa shape index (κ1) is 21.6. The lowest BCUT2D eigenvalue weighted by molar-refractivity contribution is 0.0976. The van der Waals surface area contributed by atoms with Gasteiger partial charge in [0.1, 0.15) is 11.4 Å². The molecule has 3 aromatic carbocycles. The second-order valence-electron chi connectivity index (χ2n) is 7.57. The highest BCUT2D eigenvalue weighted by Gasteiger charge is 2.19. The van der Waals surface area contributed by atoms with Crippen molar-refractivity contribution in [1.82, 2.24) is 9.71 Å². The van der Waals surface area contributed by atoms with Gasteiger partial charge in [-0.1, -0.05) is 60.7 Å². The highest BCUT2D eigenvalue weighted by molar-refractivity contribution is 7.89. The summed E-state index contributed by atoms with van der Waals surface area (Å²) in [7, 11) is -3.65. The van der Waals surface area contributed by atoms with E-state index in [9.17, 15) is 13.2 Å². The number of sulfonamides is 1. The van der Waals surface area contributed by atoms with Gasteiger partial charge in [0.05, 0.1) is 12.9 Å². The molecule has 1 heterocycles. The minimum atomic E-state index is -3.65. The van der Waals surface area contributed by atoms with Gasteiger partial charge in [-0.25, -0.2) is 13.1 Å². The molecule has 7 heteroatoms. The number of hydrogen-bond donors (Lipinski definition) is 2. The van der Waals surface area contributed by atoms with E-state index in [4.69, 9.17) is 4.74 Å². The number of hydrogen-bond acceptors (Lipinski definition) is 4. The number of para-hydroxylation sites is 1. The highest BCUT2D eigenvalue weighted by atomic mass is 32.2. The lowest BCUT2D eigenvalue weighted by atomic mass is 10.1. The normalized spacial score (nSPS) is 11.4. The summed E-state index contributed by atoms with van der Waals surface area (Å²) in [6.07, 6.45) is 2.20. The molecule has 0 aliphatic heterocycles. The van der Waals surface area contributed by atoms with E-state index >= 15 is 0 Å². The number of benzene rings is 3. The third kappa shape index (κ3) is 5.18. The quantitative estimate of drug-likeness (QED) is 0.388. The minimum Gasteiger partial charge on any atom is -0.494 e. The van der Waals surface area contributed by atoms with E-state index in [0.29, 0.717) is 19.4 Å². The average Bonchev–Trinajstić information content (AvgIpc) is 3.15. The first-order valence-electron chi connectivity index (χ1n) is 10.3. The number of aromatic amines is 1. The molecule has 6 nitrogen and oxygen atoms in total. The minimum absolute atomic E-state index is 0.267. The fraction of sp³-hybridized carbons (Fsp3) is 0.160. The molecule has 4 rings (SSSR count). The number of nitrogens with one attached hydrogen (secondary N) is 2. The number of carbonyl (C=O) groups is 1. The number of carbonyl (C=O) groups excluding carboxylic acids is 1. The summed E-state index contributed by atoms with van der Waals surface area (Å²) in [5, 5.41) is 0.901. The standard InChI is InChI=1S/C25H24N2O4S/c1-32(29,30)27-25(28)24-22(21-10-5-6-12-23(21)26-24)11-7-17-31-20-15-13-19(14-16-20)18-8-3-2-4-9-18/h2-6,8-10,12-16,26H,7,11,17H2,1H3,(H,27,28). The Hall–Kier alpha value is -3.58. The zero-order valence-corrected chi connectivity index (χ0v) is 18.5. The maximum atomic E-state index is 12.5. The molecule has 1 aromatic heterocycles. The van der Waals surface area contributed by atoms with Crippen molar-refractivity contribution in [2.24, 2.45) is 0 Å². The fourth-order valence-electron chi connectivity index (χ4n) is 3.69. The molecule has 164 valence electrons. The van der Waals surface area contributed by atoms with Crippen LogP contribution < -0.4 is 9.46 Å². The van der Waals surface area contributed by atoms with Crippen molar-refractivity contribution in [3.8, 4) is 16.9 Å². The van der Waals surface area contributed by atoms with E-state index in [1.165, 1.54) is 0 Å². The lowest BCUT2D eigenvalue weighted by Gasteiger charge is -2.09. The molecule has 0 fully saturated rings. The second-order valence-corrected chi connectivity index (χ2v) is 9.32. The van der Waals surface area contributed by atoms with Gasteiger partial charge in [-0.3, -0.25) is 4.79 Å². The Bertz CT molecular complexity index is 1330. The topological polar surface area (TPSA) is 88.3 Å². The molecule has 0 bridgehead atoms. The molecule has 0 aliphatic rings. The van der Waals surface area contributed by atoms with Crippen LogP contribution in [0, 0.1) is 0 Å². The molecule has 0 aliphatic carbocycles. The van der Waals surface area contributed by atoms with E-state index in [-0.39, 0.29) is 5.69 Å². The maximum absolute atomic E-state index is 12.5. The molecule has 0 spiro atoms. The van der Waals surface area contributed by atoms with Crippen molar-refractivity contribution in [1.29, 1.82) is 0 Å². The summed E-state index contributed by atoms with van der Waals surface area (Å²) >= 11 is 0. The van der Waals surface area contributed by atoms with Gasteiger partial charge in [0.15, 0.2) is 0 Å². The van der Waals surface area contributed by atoms with Crippen molar-refractivity contribution in [3.05, 3.63) is 90.1 Å². The summed E-state index contributed by atoms with van der Waals surface area (Å²) in [6.45, 7) is 0.470. The van der Waals surface area contributed by atoms with Gasteiger partial charge in [-0.05, 0) is 47.7 Å². The number of H-pyrrole nitrogens is 1. The zero-order valence-electron chi connectivity index (χ0n) is 17.7. The monoisotopic (exact) mass is 448 g/mol. The molecule has 4 aromatic rings. The summed E-state index contributed by atoms with van der Waals surface area (Å²) in [4.78, 5) is 15.6. The smallest absolute Gasteiger partial charge is 0.281 e. The maximum Gasteiger partial charge on any atom is 0.281 e. The van der Waals surface area contributed by atoms with E-state index in [1.807, 2.05) is 71.5 Å². The van der Waals surface area contributed by atoms with Gasteiger partial charge in [-0.2, -0.15) is 0 Å².